The predicted molar refractivity (Wildman–Crippen MR) is 96.4 cm³/mol. The van der Waals surface area contributed by atoms with E-state index in [-0.39, 0.29) is 24.8 Å². The molecule has 2 N–H and O–H groups in total. The minimum absolute atomic E-state index is 0. The molecule has 0 amide bonds. The van der Waals surface area contributed by atoms with Gasteiger partial charge in [-0.15, -0.1) is 24.8 Å². The number of nitrogens with zero attached hydrogens (tertiary/aromatic N) is 3. The Morgan fingerprint density at radius 3 is 2.65 bits per heavy atom. The highest BCUT2D eigenvalue weighted by atomic mass is 35.5. The van der Waals surface area contributed by atoms with E-state index < -0.39 is 5.60 Å². The van der Waals surface area contributed by atoms with Crippen molar-refractivity contribution in [3.8, 4) is 0 Å². The van der Waals surface area contributed by atoms with Crippen LogP contribution in [-0.4, -0.2) is 51.8 Å². The van der Waals surface area contributed by atoms with E-state index in [0.29, 0.717) is 11.8 Å². The van der Waals surface area contributed by atoms with E-state index in [4.69, 9.17) is 0 Å². The fourth-order valence-electron chi connectivity index (χ4n) is 3.44. The number of aromatic nitrogens is 2. The molecule has 0 aliphatic carbocycles. The van der Waals surface area contributed by atoms with Gasteiger partial charge in [-0.3, -0.25) is 4.90 Å². The number of hydrogen-bond acceptors (Lipinski definition) is 5. The minimum Gasteiger partial charge on any atom is -0.389 e. The van der Waals surface area contributed by atoms with Gasteiger partial charge in [0.15, 0.2) is 0 Å². The standard InChI is InChI=1S/C16H26N4O.2ClH/c1-12(2)15-18-7-13(8-19-15)10-20-6-4-16(21)3-5-17-9-14(16)11-20;;/h7-8,12,14,17,21H,3-6,9-11H2,1-2H3;2*1H/t14-,16-;;/m0../s1. The lowest BCUT2D eigenvalue weighted by atomic mass is 9.76. The van der Waals surface area contributed by atoms with E-state index >= 15 is 0 Å². The van der Waals surface area contributed by atoms with Crippen LogP contribution in [0.1, 0.15) is 44.0 Å². The molecule has 7 heteroatoms. The van der Waals surface area contributed by atoms with Crippen molar-refractivity contribution in [2.45, 2.75) is 44.8 Å². The largest absolute Gasteiger partial charge is 0.389 e. The highest BCUT2D eigenvalue weighted by Crippen LogP contribution is 2.33. The summed E-state index contributed by atoms with van der Waals surface area (Å²) < 4.78 is 0. The third kappa shape index (κ3) is 4.77. The first-order valence-corrected chi connectivity index (χ1v) is 8.03. The second-order valence-electron chi connectivity index (χ2n) is 6.84. The number of rotatable bonds is 3. The second kappa shape index (κ2) is 8.58. The van der Waals surface area contributed by atoms with Crippen LogP contribution in [0.4, 0.5) is 0 Å². The predicted octanol–water partition coefficient (Wildman–Crippen LogP) is 1.99. The molecule has 0 saturated carbocycles. The van der Waals surface area contributed by atoms with Crippen LogP contribution >= 0.6 is 24.8 Å². The van der Waals surface area contributed by atoms with E-state index in [9.17, 15) is 5.11 Å². The fraction of sp³-hybridized carbons (Fsp3) is 0.750. The van der Waals surface area contributed by atoms with Gasteiger partial charge in [-0.05, 0) is 19.4 Å². The lowest BCUT2D eigenvalue weighted by Crippen LogP contribution is -2.58. The molecule has 2 aliphatic heterocycles. The summed E-state index contributed by atoms with van der Waals surface area (Å²) in [6.07, 6.45) is 5.66. The Hall–Kier alpha value is -0.460. The first-order valence-electron chi connectivity index (χ1n) is 8.03. The number of hydrogen-bond donors (Lipinski definition) is 2. The van der Waals surface area contributed by atoms with Gasteiger partial charge < -0.3 is 10.4 Å². The van der Waals surface area contributed by atoms with Crippen LogP contribution in [0.25, 0.3) is 0 Å². The van der Waals surface area contributed by atoms with Crippen molar-refractivity contribution in [1.82, 2.24) is 20.2 Å². The van der Waals surface area contributed by atoms with E-state index in [0.717, 1.165) is 57.0 Å². The molecule has 3 heterocycles. The van der Waals surface area contributed by atoms with E-state index in [1.54, 1.807) is 0 Å². The van der Waals surface area contributed by atoms with Gasteiger partial charge in [0.25, 0.3) is 0 Å². The molecular formula is C16H28Cl2N4O. The number of halogens is 2. The molecule has 2 fully saturated rings. The number of aliphatic hydroxyl groups is 1. The average molecular weight is 363 g/mol. The van der Waals surface area contributed by atoms with E-state index in [1.165, 1.54) is 0 Å². The van der Waals surface area contributed by atoms with Gasteiger partial charge >= 0.3 is 0 Å². The Morgan fingerprint density at radius 1 is 1.30 bits per heavy atom. The molecule has 3 rings (SSSR count). The fourth-order valence-corrected chi connectivity index (χ4v) is 3.44. The van der Waals surface area contributed by atoms with Crippen LogP contribution in [0.15, 0.2) is 12.4 Å². The molecule has 1 aromatic rings. The van der Waals surface area contributed by atoms with Crippen molar-refractivity contribution in [3.63, 3.8) is 0 Å². The quantitative estimate of drug-likeness (QED) is 0.860. The lowest BCUT2D eigenvalue weighted by molar-refractivity contribution is -0.0899. The van der Waals surface area contributed by atoms with Gasteiger partial charge in [0, 0.05) is 56.0 Å². The lowest BCUT2D eigenvalue weighted by Gasteiger charge is -2.47. The molecule has 2 aliphatic rings. The van der Waals surface area contributed by atoms with Crippen molar-refractivity contribution in [2.75, 3.05) is 26.2 Å². The zero-order chi connectivity index (χ0) is 14.9. The highest BCUT2D eigenvalue weighted by molar-refractivity contribution is 5.85. The van der Waals surface area contributed by atoms with Crippen LogP contribution in [0.3, 0.4) is 0 Å². The van der Waals surface area contributed by atoms with E-state index in [2.05, 4.69) is 34.0 Å². The molecule has 1 aromatic heterocycles. The van der Waals surface area contributed by atoms with Crippen molar-refractivity contribution in [3.05, 3.63) is 23.8 Å². The summed E-state index contributed by atoms with van der Waals surface area (Å²) in [5.74, 6) is 1.62. The molecule has 132 valence electrons. The highest BCUT2D eigenvalue weighted by Gasteiger charge is 2.42. The molecular weight excluding hydrogens is 335 g/mol. The van der Waals surface area contributed by atoms with Crippen LogP contribution in [0.2, 0.25) is 0 Å². The van der Waals surface area contributed by atoms with Gasteiger partial charge in [0.2, 0.25) is 0 Å². The molecule has 0 unspecified atom stereocenters. The smallest absolute Gasteiger partial charge is 0.130 e. The minimum atomic E-state index is -0.445. The molecule has 5 nitrogen and oxygen atoms in total. The van der Waals surface area contributed by atoms with Gasteiger partial charge in [-0.1, -0.05) is 13.8 Å². The molecule has 23 heavy (non-hydrogen) atoms. The van der Waals surface area contributed by atoms with Crippen LogP contribution in [0, 0.1) is 5.92 Å². The van der Waals surface area contributed by atoms with Gasteiger partial charge in [0.05, 0.1) is 5.60 Å². The summed E-state index contributed by atoms with van der Waals surface area (Å²) >= 11 is 0. The van der Waals surface area contributed by atoms with Crippen molar-refractivity contribution >= 4 is 24.8 Å². The molecule has 0 radical (unpaired) electrons. The maximum Gasteiger partial charge on any atom is 0.130 e. The number of fused-ring (bicyclic) bond motifs is 1. The van der Waals surface area contributed by atoms with Crippen molar-refractivity contribution < 1.29 is 5.11 Å². The first-order chi connectivity index (χ1) is 10.1. The summed E-state index contributed by atoms with van der Waals surface area (Å²) in [6, 6.07) is 0. The Bertz CT molecular complexity index is 485. The Kier molecular flexibility index (Phi) is 7.68. The number of nitrogens with one attached hydrogen (secondary N) is 1. The summed E-state index contributed by atoms with van der Waals surface area (Å²) in [7, 11) is 0. The second-order valence-corrected chi connectivity index (χ2v) is 6.84. The van der Waals surface area contributed by atoms with Crippen LogP contribution < -0.4 is 5.32 Å². The molecule has 0 aromatic carbocycles. The van der Waals surface area contributed by atoms with Crippen LogP contribution in [0.5, 0.6) is 0 Å². The maximum atomic E-state index is 10.7. The zero-order valence-corrected chi connectivity index (χ0v) is 15.5. The SMILES string of the molecule is CC(C)c1ncc(CN2CC[C@@]3(O)CCNC[C@H]3C2)cn1.Cl.Cl. The Balaban J connectivity index is 0.00000132. The third-order valence-corrected chi connectivity index (χ3v) is 4.87. The normalized spacial score (nSPS) is 27.7. The summed E-state index contributed by atoms with van der Waals surface area (Å²) in [4.78, 5) is 11.3. The number of piperidine rings is 2. The average Bonchev–Trinajstić information content (AvgIpc) is 2.48. The van der Waals surface area contributed by atoms with Gasteiger partial charge in [-0.25, -0.2) is 9.97 Å². The first kappa shape index (κ1) is 20.6. The van der Waals surface area contributed by atoms with Gasteiger partial charge in [-0.2, -0.15) is 0 Å². The summed E-state index contributed by atoms with van der Waals surface area (Å²) in [5, 5.41) is 14.1. The van der Waals surface area contributed by atoms with Crippen molar-refractivity contribution in [2.24, 2.45) is 5.92 Å². The molecule has 0 bridgehead atoms. The molecule has 2 saturated heterocycles. The Morgan fingerprint density at radius 2 is 2.00 bits per heavy atom. The third-order valence-electron chi connectivity index (χ3n) is 4.87. The topological polar surface area (TPSA) is 61.3 Å². The zero-order valence-electron chi connectivity index (χ0n) is 13.9. The van der Waals surface area contributed by atoms with Crippen LogP contribution in [-0.2, 0) is 6.54 Å². The van der Waals surface area contributed by atoms with E-state index in [1.807, 2.05) is 12.4 Å². The molecule has 0 spiro atoms. The Labute approximate surface area is 151 Å². The van der Waals surface area contributed by atoms with Gasteiger partial charge in [0.1, 0.15) is 5.82 Å². The van der Waals surface area contributed by atoms with Crippen molar-refractivity contribution in [1.29, 1.82) is 0 Å². The number of likely N-dealkylation sites (tertiary alicyclic amines) is 1. The monoisotopic (exact) mass is 362 g/mol. The summed E-state index contributed by atoms with van der Waals surface area (Å²) in [6.45, 7) is 8.87. The maximum absolute atomic E-state index is 10.7. The summed E-state index contributed by atoms with van der Waals surface area (Å²) in [5.41, 5.74) is 0.716. The molecule has 2 atom stereocenters.